The second kappa shape index (κ2) is 5.81. The molecule has 0 aliphatic rings. The first-order valence-corrected chi connectivity index (χ1v) is 6.26. The molecule has 1 atom stereocenters. The summed E-state index contributed by atoms with van der Waals surface area (Å²) in [6, 6.07) is 11.2. The van der Waals surface area contributed by atoms with Crippen molar-refractivity contribution >= 4 is 21.6 Å². The molecule has 0 radical (unpaired) electrons. The van der Waals surface area contributed by atoms with E-state index in [4.69, 9.17) is 5.26 Å². The molecule has 2 aromatic rings. The highest BCUT2D eigenvalue weighted by Gasteiger charge is 2.15. The zero-order valence-corrected chi connectivity index (χ0v) is 11.3. The summed E-state index contributed by atoms with van der Waals surface area (Å²) in [5.74, 6) is -0.843. The molecule has 5 heteroatoms. The molecule has 2 nitrogen and oxygen atoms in total. The Kier molecular flexibility index (Phi) is 4.13. The molecule has 2 rings (SSSR count). The minimum absolute atomic E-state index is 0.245. The lowest BCUT2D eigenvalue weighted by Crippen LogP contribution is -2.10. The number of hydrogen-bond donors (Lipinski definition) is 1. The summed E-state index contributed by atoms with van der Waals surface area (Å²) in [5.41, 5.74) is 0.797. The van der Waals surface area contributed by atoms with Gasteiger partial charge in [-0.3, -0.25) is 0 Å². The van der Waals surface area contributed by atoms with Gasteiger partial charge in [-0.1, -0.05) is 22.0 Å². The van der Waals surface area contributed by atoms with Crippen LogP contribution in [-0.2, 0) is 0 Å². The molecule has 0 aliphatic carbocycles. The Labute approximate surface area is 117 Å². The Balaban J connectivity index is 2.25. The van der Waals surface area contributed by atoms with Gasteiger partial charge < -0.3 is 5.32 Å². The molecular weight excluding hydrogens is 314 g/mol. The van der Waals surface area contributed by atoms with E-state index in [1.807, 2.05) is 6.07 Å². The maximum atomic E-state index is 13.8. The molecule has 0 aliphatic heterocycles. The topological polar surface area (TPSA) is 35.8 Å². The number of rotatable bonds is 3. The van der Waals surface area contributed by atoms with Crippen LogP contribution in [0.5, 0.6) is 0 Å². The minimum Gasteiger partial charge on any atom is -0.366 e. The van der Waals surface area contributed by atoms with E-state index < -0.39 is 11.9 Å². The molecule has 0 heterocycles. The second-order valence-corrected chi connectivity index (χ2v) is 4.79. The number of benzene rings is 2. The number of nitrogens with one attached hydrogen (secondary N) is 1. The second-order valence-electron chi connectivity index (χ2n) is 3.88. The molecule has 0 spiro atoms. The predicted octanol–water partition coefficient (Wildman–Crippen LogP) is 4.40. The maximum absolute atomic E-state index is 13.8. The van der Waals surface area contributed by atoms with Crippen LogP contribution in [0.1, 0.15) is 11.6 Å². The van der Waals surface area contributed by atoms with Crippen molar-refractivity contribution in [2.75, 3.05) is 5.32 Å². The first kappa shape index (κ1) is 13.5. The number of anilines is 1. The summed E-state index contributed by atoms with van der Waals surface area (Å²) in [7, 11) is 0. The third-order valence-electron chi connectivity index (χ3n) is 2.56. The van der Waals surface area contributed by atoms with Gasteiger partial charge in [-0.25, -0.2) is 8.78 Å². The van der Waals surface area contributed by atoms with Gasteiger partial charge in [0.15, 0.2) is 0 Å². The van der Waals surface area contributed by atoms with Crippen molar-refractivity contribution in [2.24, 2.45) is 0 Å². The lowest BCUT2D eigenvalue weighted by Gasteiger charge is -2.14. The Morgan fingerprint density at radius 3 is 2.37 bits per heavy atom. The largest absolute Gasteiger partial charge is 0.366 e. The van der Waals surface area contributed by atoms with Crippen molar-refractivity contribution in [3.8, 4) is 6.07 Å². The molecule has 96 valence electrons. The third kappa shape index (κ3) is 3.30. The molecule has 0 saturated heterocycles. The fraction of sp³-hybridized carbons (Fsp3) is 0.0714. The van der Waals surface area contributed by atoms with E-state index in [2.05, 4.69) is 21.2 Å². The monoisotopic (exact) mass is 322 g/mol. The standard InChI is InChI=1S/C14H9BrF2N2/c15-9-1-6-12(13(17)7-9)14(8-18)19-11-4-2-10(16)3-5-11/h1-7,14,19H. The Morgan fingerprint density at radius 1 is 1.11 bits per heavy atom. The summed E-state index contributed by atoms with van der Waals surface area (Å²) in [5, 5.41) is 12.0. The number of halogens is 3. The van der Waals surface area contributed by atoms with Crippen LogP contribution < -0.4 is 5.32 Å². The number of nitrogens with zero attached hydrogens (tertiary/aromatic N) is 1. The van der Waals surface area contributed by atoms with Crippen LogP contribution in [0.15, 0.2) is 46.9 Å². The van der Waals surface area contributed by atoms with Gasteiger partial charge in [-0.05, 0) is 36.4 Å². The molecule has 0 fully saturated rings. The SMILES string of the molecule is N#CC(Nc1ccc(F)cc1)c1ccc(Br)cc1F. The van der Waals surface area contributed by atoms with Crippen molar-refractivity contribution in [2.45, 2.75) is 6.04 Å². The van der Waals surface area contributed by atoms with Gasteiger partial charge in [0.2, 0.25) is 0 Å². The first-order valence-electron chi connectivity index (χ1n) is 5.47. The van der Waals surface area contributed by atoms with Crippen LogP contribution in [0.2, 0.25) is 0 Å². The van der Waals surface area contributed by atoms with Crippen molar-refractivity contribution in [3.63, 3.8) is 0 Å². The Bertz CT molecular complexity index is 620. The van der Waals surface area contributed by atoms with Gasteiger partial charge in [0, 0.05) is 15.7 Å². The zero-order chi connectivity index (χ0) is 13.8. The molecule has 1 unspecified atom stereocenters. The summed E-state index contributed by atoms with van der Waals surface area (Å²) in [6.07, 6.45) is 0. The van der Waals surface area contributed by atoms with Crippen LogP contribution >= 0.6 is 15.9 Å². The van der Waals surface area contributed by atoms with Crippen LogP contribution in [0.4, 0.5) is 14.5 Å². The summed E-state index contributed by atoms with van der Waals surface area (Å²) in [6.45, 7) is 0. The molecule has 1 N–H and O–H groups in total. The minimum atomic E-state index is -0.835. The average Bonchev–Trinajstić information content (AvgIpc) is 2.39. The predicted molar refractivity (Wildman–Crippen MR) is 72.5 cm³/mol. The highest BCUT2D eigenvalue weighted by molar-refractivity contribution is 9.10. The molecule has 0 aromatic heterocycles. The van der Waals surface area contributed by atoms with Gasteiger partial charge in [0.05, 0.1) is 6.07 Å². The normalized spacial score (nSPS) is 11.7. The van der Waals surface area contributed by atoms with E-state index in [1.54, 1.807) is 6.07 Å². The molecular formula is C14H9BrF2N2. The highest BCUT2D eigenvalue weighted by atomic mass is 79.9. The lowest BCUT2D eigenvalue weighted by atomic mass is 10.1. The highest BCUT2D eigenvalue weighted by Crippen LogP contribution is 2.24. The van der Waals surface area contributed by atoms with E-state index in [1.165, 1.54) is 36.4 Å². The van der Waals surface area contributed by atoms with Crippen molar-refractivity contribution in [1.82, 2.24) is 0 Å². The van der Waals surface area contributed by atoms with Gasteiger partial charge in [0.1, 0.15) is 17.7 Å². The summed E-state index contributed by atoms with van der Waals surface area (Å²) in [4.78, 5) is 0. The molecule has 19 heavy (non-hydrogen) atoms. The molecule has 0 saturated carbocycles. The fourth-order valence-corrected chi connectivity index (χ4v) is 1.96. The Hall–Kier alpha value is -1.93. The summed E-state index contributed by atoms with van der Waals surface area (Å²) < 4.78 is 27.2. The molecule has 0 amide bonds. The van der Waals surface area contributed by atoms with E-state index in [9.17, 15) is 8.78 Å². The smallest absolute Gasteiger partial charge is 0.143 e. The zero-order valence-electron chi connectivity index (χ0n) is 9.70. The van der Waals surface area contributed by atoms with E-state index in [0.29, 0.717) is 10.2 Å². The summed E-state index contributed by atoms with van der Waals surface area (Å²) >= 11 is 3.16. The fourth-order valence-electron chi connectivity index (χ4n) is 1.63. The average molecular weight is 323 g/mol. The Morgan fingerprint density at radius 2 is 1.79 bits per heavy atom. The van der Waals surface area contributed by atoms with E-state index in [0.717, 1.165) is 0 Å². The van der Waals surface area contributed by atoms with Crippen molar-refractivity contribution in [1.29, 1.82) is 5.26 Å². The van der Waals surface area contributed by atoms with E-state index >= 15 is 0 Å². The van der Waals surface area contributed by atoms with Crippen LogP contribution in [-0.4, -0.2) is 0 Å². The van der Waals surface area contributed by atoms with Gasteiger partial charge in [-0.2, -0.15) is 5.26 Å². The molecule has 2 aromatic carbocycles. The van der Waals surface area contributed by atoms with Crippen LogP contribution in [0.3, 0.4) is 0 Å². The molecule has 0 bridgehead atoms. The van der Waals surface area contributed by atoms with Gasteiger partial charge >= 0.3 is 0 Å². The van der Waals surface area contributed by atoms with Crippen molar-refractivity contribution < 1.29 is 8.78 Å². The lowest BCUT2D eigenvalue weighted by molar-refractivity contribution is 0.606. The van der Waals surface area contributed by atoms with Crippen LogP contribution in [0.25, 0.3) is 0 Å². The van der Waals surface area contributed by atoms with Gasteiger partial charge in [0.25, 0.3) is 0 Å². The van der Waals surface area contributed by atoms with E-state index in [-0.39, 0.29) is 11.4 Å². The quantitative estimate of drug-likeness (QED) is 0.908. The number of hydrogen-bond acceptors (Lipinski definition) is 2. The van der Waals surface area contributed by atoms with Crippen molar-refractivity contribution in [3.05, 3.63) is 64.1 Å². The van der Waals surface area contributed by atoms with Crippen LogP contribution in [0, 0.1) is 23.0 Å². The maximum Gasteiger partial charge on any atom is 0.143 e. The number of nitriles is 1. The first-order chi connectivity index (χ1) is 9.10. The third-order valence-corrected chi connectivity index (χ3v) is 3.05. The van der Waals surface area contributed by atoms with Gasteiger partial charge in [-0.15, -0.1) is 0 Å².